The summed E-state index contributed by atoms with van der Waals surface area (Å²) in [6.45, 7) is 1.11. The minimum absolute atomic E-state index is 0.152. The Labute approximate surface area is 159 Å². The van der Waals surface area contributed by atoms with Crippen LogP contribution < -0.4 is 10.6 Å². The fraction of sp³-hybridized carbons (Fsp3) is 0.364. The second-order valence-electron chi connectivity index (χ2n) is 7.27. The van der Waals surface area contributed by atoms with E-state index in [0.29, 0.717) is 24.4 Å². The third kappa shape index (κ3) is 4.55. The van der Waals surface area contributed by atoms with Crippen LogP contribution in [0, 0.1) is 0 Å². The molecule has 1 saturated carbocycles. The van der Waals surface area contributed by atoms with Gasteiger partial charge in [-0.1, -0.05) is 30.3 Å². The van der Waals surface area contributed by atoms with E-state index in [9.17, 15) is 9.59 Å². The maximum atomic E-state index is 12.4. The van der Waals surface area contributed by atoms with E-state index in [1.807, 2.05) is 0 Å². The lowest BCUT2D eigenvalue weighted by molar-refractivity contribution is -0.124. The van der Waals surface area contributed by atoms with Gasteiger partial charge in [0.25, 0.3) is 11.8 Å². The van der Waals surface area contributed by atoms with Crippen LogP contribution in [0.1, 0.15) is 53.1 Å². The molecule has 27 heavy (non-hydrogen) atoms. The van der Waals surface area contributed by atoms with Crippen molar-refractivity contribution < 1.29 is 14.3 Å². The topological polar surface area (TPSA) is 67.4 Å². The molecule has 2 amide bonds. The van der Waals surface area contributed by atoms with Crippen LogP contribution >= 0.6 is 0 Å². The average Bonchev–Trinajstić information content (AvgIpc) is 3.40. The Kier molecular flexibility index (Phi) is 5.21. The molecular weight excluding hydrogens is 340 g/mol. The van der Waals surface area contributed by atoms with Crippen molar-refractivity contribution >= 4 is 17.5 Å². The van der Waals surface area contributed by atoms with E-state index < -0.39 is 0 Å². The molecule has 1 heterocycles. The van der Waals surface area contributed by atoms with Crippen LogP contribution in [0.15, 0.2) is 48.5 Å². The quantitative estimate of drug-likeness (QED) is 0.823. The minimum Gasteiger partial charge on any atom is -0.368 e. The van der Waals surface area contributed by atoms with Crippen LogP contribution in [0.5, 0.6) is 0 Å². The molecule has 2 aromatic carbocycles. The molecule has 1 aliphatic carbocycles. The second-order valence-corrected chi connectivity index (χ2v) is 7.27. The van der Waals surface area contributed by atoms with Crippen molar-refractivity contribution in [2.24, 2.45) is 0 Å². The van der Waals surface area contributed by atoms with E-state index in [2.05, 4.69) is 34.9 Å². The van der Waals surface area contributed by atoms with Gasteiger partial charge in [-0.15, -0.1) is 0 Å². The minimum atomic E-state index is -0.388. The molecule has 0 aromatic heterocycles. The zero-order chi connectivity index (χ0) is 18.6. The molecule has 0 spiro atoms. The Balaban J connectivity index is 1.33. The first-order valence-corrected chi connectivity index (χ1v) is 9.58. The largest absolute Gasteiger partial charge is 0.368 e. The molecule has 0 bridgehead atoms. The summed E-state index contributed by atoms with van der Waals surface area (Å²) in [7, 11) is 0. The van der Waals surface area contributed by atoms with Gasteiger partial charge >= 0.3 is 0 Å². The van der Waals surface area contributed by atoms with Crippen LogP contribution in [-0.2, 0) is 16.1 Å². The van der Waals surface area contributed by atoms with Crippen molar-refractivity contribution in [2.45, 2.75) is 44.2 Å². The number of nitrogens with one attached hydrogen (secondary N) is 2. The Hall–Kier alpha value is -2.66. The van der Waals surface area contributed by atoms with Gasteiger partial charge in [0.05, 0.1) is 0 Å². The first kappa shape index (κ1) is 17.7. The van der Waals surface area contributed by atoms with Gasteiger partial charge in [0.1, 0.15) is 6.10 Å². The van der Waals surface area contributed by atoms with E-state index >= 15 is 0 Å². The van der Waals surface area contributed by atoms with Crippen molar-refractivity contribution in [3.8, 4) is 0 Å². The number of anilines is 1. The maximum Gasteiger partial charge on any atom is 0.253 e. The molecule has 0 radical (unpaired) electrons. The molecule has 1 atom stereocenters. The number of hydrogen-bond donors (Lipinski definition) is 2. The number of amides is 2. The summed E-state index contributed by atoms with van der Waals surface area (Å²) >= 11 is 0. The van der Waals surface area contributed by atoms with Gasteiger partial charge in [0.2, 0.25) is 0 Å². The summed E-state index contributed by atoms with van der Waals surface area (Å²) in [6.07, 6.45) is 3.83. The lowest BCUT2D eigenvalue weighted by Crippen LogP contribution is -2.27. The predicted octanol–water partition coefficient (Wildman–Crippen LogP) is 3.61. The van der Waals surface area contributed by atoms with Gasteiger partial charge in [-0.05, 0) is 60.9 Å². The summed E-state index contributed by atoms with van der Waals surface area (Å²) < 4.78 is 5.39. The van der Waals surface area contributed by atoms with Crippen LogP contribution in [0.3, 0.4) is 0 Å². The van der Waals surface area contributed by atoms with Crippen molar-refractivity contribution in [2.75, 3.05) is 11.9 Å². The van der Waals surface area contributed by atoms with E-state index in [1.165, 1.54) is 18.4 Å². The monoisotopic (exact) mass is 364 g/mol. The first-order valence-electron chi connectivity index (χ1n) is 9.58. The molecule has 5 nitrogen and oxygen atoms in total. The number of hydrogen-bond acceptors (Lipinski definition) is 3. The normalized spacial score (nSPS) is 18.9. The molecule has 5 heteroatoms. The van der Waals surface area contributed by atoms with Crippen molar-refractivity contribution in [3.05, 3.63) is 65.2 Å². The molecule has 2 aliphatic rings. The van der Waals surface area contributed by atoms with Crippen molar-refractivity contribution in [3.63, 3.8) is 0 Å². The molecule has 2 N–H and O–H groups in total. The summed E-state index contributed by atoms with van der Waals surface area (Å²) in [5.41, 5.74) is 3.60. The van der Waals surface area contributed by atoms with Crippen LogP contribution in [-0.4, -0.2) is 24.5 Å². The fourth-order valence-electron chi connectivity index (χ4n) is 3.35. The SMILES string of the molecule is O=C(NCc1ccc(C2CC2)cc1)c1cccc(NC(=O)C2CCCO2)c1. The van der Waals surface area contributed by atoms with Crippen LogP contribution in [0.2, 0.25) is 0 Å². The molecule has 2 fully saturated rings. The standard InChI is InChI=1S/C22H24N2O3/c25-21(23-14-15-6-8-16(9-7-15)17-10-11-17)18-3-1-4-19(13-18)24-22(26)20-5-2-12-27-20/h1,3-4,6-9,13,17,20H,2,5,10-12,14H2,(H,23,25)(H,24,26). The summed E-state index contributed by atoms with van der Waals surface area (Å²) in [4.78, 5) is 24.6. The zero-order valence-corrected chi connectivity index (χ0v) is 15.2. The van der Waals surface area contributed by atoms with Gasteiger partial charge in [0.15, 0.2) is 0 Å². The number of benzene rings is 2. The number of ether oxygens (including phenoxy) is 1. The van der Waals surface area contributed by atoms with Gasteiger partial charge in [-0.3, -0.25) is 9.59 Å². The lowest BCUT2D eigenvalue weighted by atomic mass is 10.1. The second kappa shape index (κ2) is 7.92. The Morgan fingerprint density at radius 3 is 2.56 bits per heavy atom. The Morgan fingerprint density at radius 2 is 1.85 bits per heavy atom. The Bertz CT molecular complexity index is 822. The highest BCUT2D eigenvalue weighted by Gasteiger charge is 2.24. The number of carbonyl (C=O) groups is 2. The number of rotatable bonds is 6. The third-order valence-corrected chi connectivity index (χ3v) is 5.10. The smallest absolute Gasteiger partial charge is 0.253 e. The average molecular weight is 364 g/mol. The zero-order valence-electron chi connectivity index (χ0n) is 15.2. The summed E-state index contributed by atoms with van der Waals surface area (Å²) in [5.74, 6) is 0.427. The molecule has 140 valence electrons. The Morgan fingerprint density at radius 1 is 1.04 bits per heavy atom. The first-order chi connectivity index (χ1) is 13.2. The highest BCUT2D eigenvalue weighted by Crippen LogP contribution is 2.39. The van der Waals surface area contributed by atoms with Crippen molar-refractivity contribution in [1.29, 1.82) is 0 Å². The van der Waals surface area contributed by atoms with Gasteiger partial charge in [-0.25, -0.2) is 0 Å². The molecule has 4 rings (SSSR count). The van der Waals surface area contributed by atoms with Gasteiger partial charge in [0, 0.05) is 24.4 Å². The molecular formula is C22H24N2O3. The van der Waals surface area contributed by atoms with Crippen LogP contribution in [0.25, 0.3) is 0 Å². The molecule has 1 unspecified atom stereocenters. The predicted molar refractivity (Wildman–Crippen MR) is 104 cm³/mol. The van der Waals surface area contributed by atoms with E-state index in [4.69, 9.17) is 4.74 Å². The summed E-state index contributed by atoms with van der Waals surface area (Å²) in [5, 5.41) is 5.77. The lowest BCUT2D eigenvalue weighted by Gasteiger charge is -2.11. The number of carbonyl (C=O) groups excluding carboxylic acids is 2. The maximum absolute atomic E-state index is 12.4. The third-order valence-electron chi connectivity index (χ3n) is 5.10. The van der Waals surface area contributed by atoms with Gasteiger partial charge < -0.3 is 15.4 Å². The van der Waals surface area contributed by atoms with E-state index in [-0.39, 0.29) is 17.9 Å². The van der Waals surface area contributed by atoms with E-state index in [1.54, 1.807) is 24.3 Å². The fourth-order valence-corrected chi connectivity index (χ4v) is 3.35. The van der Waals surface area contributed by atoms with E-state index in [0.717, 1.165) is 24.3 Å². The highest BCUT2D eigenvalue weighted by atomic mass is 16.5. The molecule has 2 aromatic rings. The molecule has 1 saturated heterocycles. The van der Waals surface area contributed by atoms with Crippen LogP contribution in [0.4, 0.5) is 5.69 Å². The highest BCUT2D eigenvalue weighted by molar-refractivity contribution is 5.98. The molecule has 1 aliphatic heterocycles. The van der Waals surface area contributed by atoms with Gasteiger partial charge in [-0.2, -0.15) is 0 Å². The summed E-state index contributed by atoms with van der Waals surface area (Å²) in [6, 6.07) is 15.4. The van der Waals surface area contributed by atoms with Crippen molar-refractivity contribution in [1.82, 2.24) is 5.32 Å².